The SMILES string of the molecule is NC(=O)[C@@H](NC(=O)c1ccc(C(F)(F)F)cc1)C1c2ccccc2-c2ccccc21. The molecular weight excluding hydrogens is 393 g/mol. The molecule has 1 aliphatic rings. The lowest BCUT2D eigenvalue weighted by molar-refractivity contribution is -0.137. The van der Waals surface area contributed by atoms with Crippen molar-refractivity contribution in [1.29, 1.82) is 0 Å². The van der Waals surface area contributed by atoms with Crippen LogP contribution >= 0.6 is 0 Å². The van der Waals surface area contributed by atoms with Gasteiger partial charge in [0, 0.05) is 11.5 Å². The van der Waals surface area contributed by atoms with E-state index < -0.39 is 35.5 Å². The third-order valence-electron chi connectivity index (χ3n) is 5.28. The zero-order valence-corrected chi connectivity index (χ0v) is 15.6. The lowest BCUT2D eigenvalue weighted by atomic mass is 9.88. The van der Waals surface area contributed by atoms with E-state index in [0.29, 0.717) is 0 Å². The lowest BCUT2D eigenvalue weighted by Gasteiger charge is -2.24. The predicted octanol–water partition coefficient (Wildman–Crippen LogP) is 4.10. The monoisotopic (exact) mass is 410 g/mol. The van der Waals surface area contributed by atoms with E-state index in [-0.39, 0.29) is 5.56 Å². The zero-order valence-electron chi connectivity index (χ0n) is 15.6. The van der Waals surface area contributed by atoms with Crippen molar-refractivity contribution in [2.45, 2.75) is 18.1 Å². The first-order valence-electron chi connectivity index (χ1n) is 9.23. The van der Waals surface area contributed by atoms with E-state index in [4.69, 9.17) is 5.73 Å². The smallest absolute Gasteiger partial charge is 0.368 e. The fraction of sp³-hybridized carbons (Fsp3) is 0.130. The summed E-state index contributed by atoms with van der Waals surface area (Å²) in [6.45, 7) is 0. The Morgan fingerprint density at radius 3 is 1.80 bits per heavy atom. The molecule has 7 heteroatoms. The van der Waals surface area contributed by atoms with Crippen molar-refractivity contribution in [2.24, 2.45) is 5.73 Å². The van der Waals surface area contributed by atoms with Gasteiger partial charge in [0.05, 0.1) is 5.56 Å². The van der Waals surface area contributed by atoms with Gasteiger partial charge in [-0.1, -0.05) is 48.5 Å². The number of primary amides is 1. The number of hydrogen-bond donors (Lipinski definition) is 2. The summed E-state index contributed by atoms with van der Waals surface area (Å²) < 4.78 is 38.3. The quantitative estimate of drug-likeness (QED) is 0.680. The molecule has 0 saturated heterocycles. The Hall–Kier alpha value is -3.61. The number of rotatable bonds is 4. The van der Waals surface area contributed by atoms with Gasteiger partial charge in [-0.3, -0.25) is 9.59 Å². The molecule has 0 heterocycles. The molecule has 2 amide bonds. The van der Waals surface area contributed by atoms with Crippen LogP contribution in [0.25, 0.3) is 11.1 Å². The number of alkyl halides is 3. The van der Waals surface area contributed by atoms with Gasteiger partial charge in [-0.15, -0.1) is 0 Å². The minimum Gasteiger partial charge on any atom is -0.368 e. The fourth-order valence-corrected chi connectivity index (χ4v) is 3.91. The summed E-state index contributed by atoms with van der Waals surface area (Å²) in [4.78, 5) is 25.0. The van der Waals surface area contributed by atoms with Crippen molar-refractivity contribution in [1.82, 2.24) is 5.32 Å². The van der Waals surface area contributed by atoms with E-state index >= 15 is 0 Å². The molecule has 0 spiro atoms. The average Bonchev–Trinajstić information content (AvgIpc) is 3.05. The minimum absolute atomic E-state index is 0.00816. The highest BCUT2D eigenvalue weighted by molar-refractivity contribution is 5.98. The van der Waals surface area contributed by atoms with Crippen LogP contribution in [-0.2, 0) is 11.0 Å². The molecule has 3 N–H and O–H groups in total. The molecule has 4 nitrogen and oxygen atoms in total. The van der Waals surface area contributed by atoms with Crippen LogP contribution in [0.5, 0.6) is 0 Å². The number of nitrogens with one attached hydrogen (secondary N) is 1. The first-order chi connectivity index (χ1) is 14.3. The second-order valence-electron chi connectivity index (χ2n) is 7.08. The Bertz CT molecular complexity index is 1080. The molecule has 0 unspecified atom stereocenters. The third kappa shape index (κ3) is 3.43. The highest BCUT2D eigenvalue weighted by Crippen LogP contribution is 2.46. The van der Waals surface area contributed by atoms with Crippen molar-refractivity contribution >= 4 is 11.8 Å². The van der Waals surface area contributed by atoms with Crippen LogP contribution < -0.4 is 11.1 Å². The summed E-state index contributed by atoms with van der Waals surface area (Å²) >= 11 is 0. The number of amides is 2. The van der Waals surface area contributed by atoms with Gasteiger partial charge in [-0.25, -0.2) is 0 Å². The van der Waals surface area contributed by atoms with Gasteiger partial charge >= 0.3 is 6.18 Å². The summed E-state index contributed by atoms with van der Waals surface area (Å²) in [5.74, 6) is -1.89. The summed E-state index contributed by atoms with van der Waals surface area (Å²) in [5.41, 5.74) is 8.40. The van der Waals surface area contributed by atoms with Gasteiger partial charge < -0.3 is 11.1 Å². The Balaban J connectivity index is 1.67. The number of nitrogens with two attached hydrogens (primary N) is 1. The van der Waals surface area contributed by atoms with Crippen molar-refractivity contribution in [3.8, 4) is 11.1 Å². The molecule has 1 aliphatic carbocycles. The first kappa shape index (κ1) is 19.7. The van der Waals surface area contributed by atoms with E-state index in [0.717, 1.165) is 46.5 Å². The molecule has 0 bridgehead atoms. The van der Waals surface area contributed by atoms with Crippen LogP contribution in [0.15, 0.2) is 72.8 Å². The molecule has 4 rings (SSSR count). The molecule has 3 aromatic rings. The van der Waals surface area contributed by atoms with Crippen LogP contribution in [0, 0.1) is 0 Å². The van der Waals surface area contributed by atoms with E-state index in [1.807, 2.05) is 48.5 Å². The van der Waals surface area contributed by atoms with E-state index in [1.165, 1.54) is 0 Å². The molecule has 1 atom stereocenters. The molecule has 0 saturated carbocycles. The van der Waals surface area contributed by atoms with Crippen molar-refractivity contribution < 1.29 is 22.8 Å². The lowest BCUT2D eigenvalue weighted by Crippen LogP contribution is -2.48. The van der Waals surface area contributed by atoms with E-state index in [9.17, 15) is 22.8 Å². The first-order valence-corrected chi connectivity index (χ1v) is 9.23. The number of carbonyl (C=O) groups is 2. The fourth-order valence-electron chi connectivity index (χ4n) is 3.91. The number of benzene rings is 3. The van der Waals surface area contributed by atoms with E-state index in [2.05, 4.69) is 5.32 Å². The average molecular weight is 410 g/mol. The topological polar surface area (TPSA) is 72.2 Å². The third-order valence-corrected chi connectivity index (χ3v) is 5.28. The molecule has 3 aromatic carbocycles. The minimum atomic E-state index is -4.50. The van der Waals surface area contributed by atoms with Crippen LogP contribution in [0.2, 0.25) is 0 Å². The van der Waals surface area contributed by atoms with Gasteiger partial charge in [0.25, 0.3) is 5.91 Å². The number of halogens is 3. The molecule has 0 aromatic heterocycles. The zero-order chi connectivity index (χ0) is 21.5. The van der Waals surface area contributed by atoms with Crippen LogP contribution in [-0.4, -0.2) is 17.9 Å². The predicted molar refractivity (Wildman–Crippen MR) is 106 cm³/mol. The molecule has 0 radical (unpaired) electrons. The second kappa shape index (κ2) is 7.33. The maximum absolute atomic E-state index is 12.8. The van der Waals surface area contributed by atoms with Gasteiger partial charge in [-0.05, 0) is 46.5 Å². The van der Waals surface area contributed by atoms with Crippen molar-refractivity contribution in [3.05, 3.63) is 95.1 Å². The Labute approximate surface area is 170 Å². The molecule has 30 heavy (non-hydrogen) atoms. The van der Waals surface area contributed by atoms with Crippen LogP contribution in [0.1, 0.15) is 33.0 Å². The normalized spacial score (nSPS) is 14.0. The molecular formula is C23H17F3N2O2. The largest absolute Gasteiger partial charge is 0.416 e. The van der Waals surface area contributed by atoms with Crippen LogP contribution in [0.4, 0.5) is 13.2 Å². The maximum Gasteiger partial charge on any atom is 0.416 e. The Kier molecular flexibility index (Phi) is 4.81. The summed E-state index contributed by atoms with van der Waals surface area (Å²) in [6, 6.07) is 17.8. The van der Waals surface area contributed by atoms with Gasteiger partial charge in [0.1, 0.15) is 6.04 Å². The maximum atomic E-state index is 12.8. The second-order valence-corrected chi connectivity index (χ2v) is 7.08. The number of fused-ring (bicyclic) bond motifs is 3. The Morgan fingerprint density at radius 2 is 1.33 bits per heavy atom. The van der Waals surface area contributed by atoms with E-state index in [1.54, 1.807) is 0 Å². The molecule has 152 valence electrons. The van der Waals surface area contributed by atoms with Gasteiger partial charge in [0.15, 0.2) is 0 Å². The van der Waals surface area contributed by atoms with Crippen LogP contribution in [0.3, 0.4) is 0 Å². The van der Waals surface area contributed by atoms with Gasteiger partial charge in [0.2, 0.25) is 5.91 Å². The van der Waals surface area contributed by atoms with Crippen molar-refractivity contribution in [3.63, 3.8) is 0 Å². The summed E-state index contributed by atoms with van der Waals surface area (Å²) in [5, 5.41) is 2.62. The van der Waals surface area contributed by atoms with Crippen molar-refractivity contribution in [2.75, 3.05) is 0 Å². The highest BCUT2D eigenvalue weighted by Gasteiger charge is 2.38. The number of hydrogen-bond acceptors (Lipinski definition) is 2. The summed E-state index contributed by atoms with van der Waals surface area (Å²) in [6.07, 6.45) is -4.50. The van der Waals surface area contributed by atoms with Gasteiger partial charge in [-0.2, -0.15) is 13.2 Å². The molecule has 0 fully saturated rings. The standard InChI is InChI=1S/C23H17F3N2O2/c24-23(25,26)14-11-9-13(10-12-14)22(30)28-20(21(27)29)19-17-7-3-1-5-15(17)16-6-2-4-8-18(16)19/h1-12,19-20H,(H2,27,29)(H,28,30)/t20-/m0/s1. The molecule has 0 aliphatic heterocycles. The highest BCUT2D eigenvalue weighted by atomic mass is 19.4. The Morgan fingerprint density at radius 1 is 0.833 bits per heavy atom. The number of carbonyl (C=O) groups excluding carboxylic acids is 2. The summed E-state index contributed by atoms with van der Waals surface area (Å²) in [7, 11) is 0.